The first-order chi connectivity index (χ1) is 10.1. The number of alkyl halides is 1. The smallest absolute Gasteiger partial charge is 0.310 e. The average molecular weight is 350 g/mol. The second kappa shape index (κ2) is 4.57. The maximum atomic E-state index is 12.6. The topological polar surface area (TPSA) is 55.4 Å². The lowest BCUT2D eigenvalue weighted by Crippen LogP contribution is -2.40. The van der Waals surface area contributed by atoms with Gasteiger partial charge in [0, 0.05) is 11.6 Å². The lowest BCUT2D eigenvalue weighted by molar-refractivity contribution is -0.145. The van der Waals surface area contributed by atoms with Crippen LogP contribution in [0.1, 0.15) is 12.0 Å². The fourth-order valence-electron chi connectivity index (χ4n) is 4.19. The zero-order chi connectivity index (χ0) is 14.7. The summed E-state index contributed by atoms with van der Waals surface area (Å²) in [6, 6.07) is 7.71. The Morgan fingerprint density at radius 2 is 2.00 bits per heavy atom. The van der Waals surface area contributed by atoms with Gasteiger partial charge in [0.05, 0.1) is 16.7 Å². The molecule has 4 rings (SSSR count). The first kappa shape index (κ1) is 13.3. The summed E-state index contributed by atoms with van der Waals surface area (Å²) in [6.45, 7) is 2.01. The van der Waals surface area contributed by atoms with Crippen molar-refractivity contribution in [2.45, 2.75) is 24.3 Å². The van der Waals surface area contributed by atoms with E-state index in [4.69, 9.17) is 4.74 Å². The normalized spacial score (nSPS) is 39.4. The molecule has 2 saturated carbocycles. The van der Waals surface area contributed by atoms with E-state index in [1.54, 1.807) is 0 Å². The van der Waals surface area contributed by atoms with Crippen LogP contribution in [0.4, 0.5) is 5.69 Å². The van der Waals surface area contributed by atoms with E-state index in [0.717, 1.165) is 17.7 Å². The van der Waals surface area contributed by atoms with E-state index in [0.29, 0.717) is 0 Å². The summed E-state index contributed by atoms with van der Waals surface area (Å²) >= 11 is 3.62. The van der Waals surface area contributed by atoms with E-state index in [9.17, 15) is 9.59 Å². The van der Waals surface area contributed by atoms with Crippen LogP contribution in [0.5, 0.6) is 0 Å². The van der Waals surface area contributed by atoms with Crippen LogP contribution in [0.25, 0.3) is 0 Å². The first-order valence-corrected chi connectivity index (χ1v) is 8.20. The monoisotopic (exact) mass is 349 g/mol. The molecular formula is C16H16BrNO3. The van der Waals surface area contributed by atoms with Gasteiger partial charge < -0.3 is 10.1 Å². The number of carbonyl (C=O) groups is 2. The van der Waals surface area contributed by atoms with Crippen molar-refractivity contribution in [3.63, 3.8) is 0 Å². The quantitative estimate of drug-likeness (QED) is 0.659. The lowest BCUT2D eigenvalue weighted by Gasteiger charge is -2.27. The number of halogens is 1. The van der Waals surface area contributed by atoms with Gasteiger partial charge in [0.2, 0.25) is 5.91 Å². The van der Waals surface area contributed by atoms with Gasteiger partial charge in [-0.1, -0.05) is 33.6 Å². The third kappa shape index (κ3) is 1.86. The van der Waals surface area contributed by atoms with Crippen molar-refractivity contribution in [3.05, 3.63) is 29.8 Å². The summed E-state index contributed by atoms with van der Waals surface area (Å²) in [4.78, 5) is 24.8. The Morgan fingerprint density at radius 3 is 2.71 bits per heavy atom. The predicted molar refractivity (Wildman–Crippen MR) is 81.0 cm³/mol. The maximum Gasteiger partial charge on any atom is 0.310 e. The van der Waals surface area contributed by atoms with Gasteiger partial charge in [0.15, 0.2) is 0 Å². The molecule has 3 fully saturated rings. The van der Waals surface area contributed by atoms with E-state index < -0.39 is 0 Å². The molecule has 2 aliphatic carbocycles. The molecule has 0 radical (unpaired) electrons. The zero-order valence-electron chi connectivity index (χ0n) is 11.6. The van der Waals surface area contributed by atoms with Crippen LogP contribution in [0.3, 0.4) is 0 Å². The molecule has 3 aliphatic rings. The summed E-state index contributed by atoms with van der Waals surface area (Å²) in [5, 5.41) is 2.95. The molecule has 1 aromatic carbocycles. The van der Waals surface area contributed by atoms with E-state index in [1.165, 1.54) is 0 Å². The average Bonchev–Trinajstić information content (AvgIpc) is 3.05. The van der Waals surface area contributed by atoms with Crippen molar-refractivity contribution in [2.24, 2.45) is 23.7 Å². The highest BCUT2D eigenvalue weighted by Crippen LogP contribution is 2.60. The number of nitrogens with one attached hydrogen (secondary N) is 1. The van der Waals surface area contributed by atoms with Gasteiger partial charge in [0.25, 0.3) is 0 Å². The number of ether oxygens (including phenoxy) is 1. The molecule has 1 aromatic rings. The fourth-order valence-corrected chi connectivity index (χ4v) is 5.24. The Hall–Kier alpha value is -1.36. The van der Waals surface area contributed by atoms with Gasteiger partial charge in [-0.05, 0) is 31.4 Å². The molecule has 5 heteroatoms. The predicted octanol–water partition coefficient (Wildman–Crippen LogP) is 2.50. The summed E-state index contributed by atoms with van der Waals surface area (Å²) in [5.41, 5.74) is 1.93. The van der Waals surface area contributed by atoms with Gasteiger partial charge in [0.1, 0.15) is 6.10 Å². The van der Waals surface area contributed by atoms with Crippen molar-refractivity contribution in [3.8, 4) is 0 Å². The van der Waals surface area contributed by atoms with Crippen LogP contribution in [-0.2, 0) is 14.3 Å². The molecule has 1 N–H and O–H groups in total. The molecule has 0 aromatic heterocycles. The molecule has 0 spiro atoms. The van der Waals surface area contributed by atoms with Crippen LogP contribution in [0, 0.1) is 30.6 Å². The second-order valence-corrected chi connectivity index (χ2v) is 7.37. The fraction of sp³-hybridized carbons (Fsp3) is 0.500. The van der Waals surface area contributed by atoms with E-state index in [1.807, 2.05) is 31.2 Å². The van der Waals surface area contributed by atoms with Gasteiger partial charge in [-0.25, -0.2) is 0 Å². The SMILES string of the molecule is Cc1ccc(NC(=O)[C@@H]2[C@@H]3C[C@H]4[C@H](OC(=O)[C@@H]42)[C@@H]3Br)cc1. The Balaban J connectivity index is 1.57. The Labute approximate surface area is 131 Å². The van der Waals surface area contributed by atoms with Gasteiger partial charge in [-0.2, -0.15) is 0 Å². The minimum atomic E-state index is -0.271. The third-order valence-electron chi connectivity index (χ3n) is 5.14. The number of anilines is 1. The summed E-state index contributed by atoms with van der Waals surface area (Å²) < 4.78 is 5.43. The lowest BCUT2D eigenvalue weighted by atomic mass is 9.79. The zero-order valence-corrected chi connectivity index (χ0v) is 13.2. The number of rotatable bonds is 2. The number of hydrogen-bond acceptors (Lipinski definition) is 3. The van der Waals surface area contributed by atoms with Crippen molar-refractivity contribution in [1.29, 1.82) is 0 Å². The number of hydrogen-bond donors (Lipinski definition) is 1. The summed E-state index contributed by atoms with van der Waals surface area (Å²) in [6.07, 6.45) is 0.874. The van der Waals surface area contributed by atoms with Gasteiger partial charge >= 0.3 is 5.97 Å². The van der Waals surface area contributed by atoms with Crippen LogP contribution in [0.2, 0.25) is 0 Å². The van der Waals surface area contributed by atoms with E-state index >= 15 is 0 Å². The number of aryl methyl sites for hydroxylation is 1. The van der Waals surface area contributed by atoms with E-state index in [-0.39, 0.29) is 46.5 Å². The first-order valence-electron chi connectivity index (χ1n) is 7.28. The van der Waals surface area contributed by atoms with Crippen LogP contribution in [-0.4, -0.2) is 22.8 Å². The number of amides is 1. The van der Waals surface area contributed by atoms with Crippen molar-refractivity contribution in [2.75, 3.05) is 5.32 Å². The number of carbonyl (C=O) groups excluding carboxylic acids is 2. The molecular weight excluding hydrogens is 334 g/mol. The Bertz CT molecular complexity index is 614. The molecule has 0 unspecified atom stereocenters. The minimum Gasteiger partial charge on any atom is -0.461 e. The summed E-state index contributed by atoms with van der Waals surface area (Å²) in [5.74, 6) is -0.370. The van der Waals surface area contributed by atoms with E-state index in [2.05, 4.69) is 21.2 Å². The van der Waals surface area contributed by atoms with Gasteiger partial charge in [-0.3, -0.25) is 9.59 Å². The number of fused-ring (bicyclic) bond motifs is 1. The molecule has 4 nitrogen and oxygen atoms in total. The molecule has 1 saturated heterocycles. The standard InChI is InChI=1S/C16H16BrNO3/c1-7-2-4-8(5-3-7)18-15(19)11-9-6-10-12(11)16(20)21-14(10)13(9)17/h2-5,9-14H,6H2,1H3,(H,18,19)/t9-,10+,11+,12-,13+,14-/m0/s1. The highest BCUT2D eigenvalue weighted by atomic mass is 79.9. The minimum absolute atomic E-state index is 0.0316. The molecule has 1 amide bonds. The summed E-state index contributed by atoms with van der Waals surface area (Å²) in [7, 11) is 0. The van der Waals surface area contributed by atoms with Gasteiger partial charge in [-0.15, -0.1) is 0 Å². The maximum absolute atomic E-state index is 12.6. The molecule has 110 valence electrons. The highest BCUT2D eigenvalue weighted by Gasteiger charge is 2.67. The number of esters is 1. The van der Waals surface area contributed by atoms with Crippen molar-refractivity contribution >= 4 is 33.5 Å². The van der Waals surface area contributed by atoms with Crippen molar-refractivity contribution in [1.82, 2.24) is 0 Å². The largest absolute Gasteiger partial charge is 0.461 e. The second-order valence-electron chi connectivity index (χ2n) is 6.32. The highest BCUT2D eigenvalue weighted by molar-refractivity contribution is 9.09. The van der Waals surface area contributed by atoms with Crippen LogP contribution < -0.4 is 5.32 Å². The molecule has 21 heavy (non-hydrogen) atoms. The number of benzene rings is 1. The third-order valence-corrected chi connectivity index (χ3v) is 6.34. The van der Waals surface area contributed by atoms with Crippen molar-refractivity contribution < 1.29 is 14.3 Å². The molecule has 1 heterocycles. The van der Waals surface area contributed by atoms with Crippen LogP contribution >= 0.6 is 15.9 Å². The molecule has 6 atom stereocenters. The Kier molecular flexibility index (Phi) is 2.89. The molecule has 1 aliphatic heterocycles. The van der Waals surface area contributed by atoms with Crippen LogP contribution in [0.15, 0.2) is 24.3 Å². The molecule has 2 bridgehead atoms. The Morgan fingerprint density at radius 1 is 1.29 bits per heavy atom.